The zero-order valence-corrected chi connectivity index (χ0v) is 14.7. The highest BCUT2D eigenvalue weighted by molar-refractivity contribution is 7.10. The lowest BCUT2D eigenvalue weighted by Gasteiger charge is -2.04. The van der Waals surface area contributed by atoms with Gasteiger partial charge in [-0.25, -0.2) is 0 Å². The van der Waals surface area contributed by atoms with Crippen molar-refractivity contribution >= 4 is 40.6 Å². The number of nitro groups is 1. The monoisotopic (exact) mass is 379 g/mol. The third kappa shape index (κ3) is 3.18. The van der Waals surface area contributed by atoms with E-state index in [0.29, 0.717) is 10.4 Å². The highest BCUT2D eigenvalue weighted by Gasteiger charge is 2.17. The second-order valence-corrected chi connectivity index (χ2v) is 6.94. The van der Waals surface area contributed by atoms with Crippen LogP contribution in [0.25, 0.3) is 11.6 Å². The molecule has 0 unspecified atom stereocenters. The molecule has 0 amide bonds. The van der Waals surface area contributed by atoms with E-state index in [0.717, 1.165) is 28.2 Å². The van der Waals surface area contributed by atoms with E-state index >= 15 is 0 Å². The normalized spacial score (nSPS) is 13.9. The highest BCUT2D eigenvalue weighted by Crippen LogP contribution is 2.34. The van der Waals surface area contributed by atoms with Gasteiger partial charge >= 0.3 is 4.87 Å². The number of para-hydroxylation sites is 1. The Balaban J connectivity index is 1.69. The summed E-state index contributed by atoms with van der Waals surface area (Å²) >= 11 is 0.918. The third-order valence-electron chi connectivity index (χ3n) is 4.20. The Kier molecular flexibility index (Phi) is 4.17. The number of aromatic nitrogens is 1. The van der Waals surface area contributed by atoms with E-state index in [2.05, 4.69) is 4.99 Å². The molecular weight excluding hydrogens is 366 g/mol. The fourth-order valence-electron chi connectivity index (χ4n) is 2.89. The first-order chi connectivity index (χ1) is 13.0. The molecule has 0 spiro atoms. The first-order valence-corrected chi connectivity index (χ1v) is 8.85. The Hall–Kier alpha value is -3.52. The van der Waals surface area contributed by atoms with Crippen molar-refractivity contribution in [1.82, 2.24) is 4.57 Å². The van der Waals surface area contributed by atoms with E-state index in [1.165, 1.54) is 16.7 Å². The van der Waals surface area contributed by atoms with Crippen LogP contribution >= 0.6 is 11.3 Å². The summed E-state index contributed by atoms with van der Waals surface area (Å²) in [6.45, 7) is 0.0523. The molecule has 3 aromatic rings. The van der Waals surface area contributed by atoms with Crippen molar-refractivity contribution in [3.05, 3.63) is 84.3 Å². The zero-order chi connectivity index (χ0) is 19.0. The van der Waals surface area contributed by atoms with Crippen molar-refractivity contribution in [2.45, 2.75) is 6.54 Å². The molecule has 8 heteroatoms. The molecule has 0 fully saturated rings. The minimum atomic E-state index is -0.494. The number of thiazole rings is 1. The quantitative estimate of drug-likeness (QED) is 0.550. The highest BCUT2D eigenvalue weighted by atomic mass is 32.1. The average molecular weight is 379 g/mol. The topological polar surface area (TPSA) is 97.7 Å². The van der Waals surface area contributed by atoms with Crippen molar-refractivity contribution < 1.29 is 10.0 Å². The van der Waals surface area contributed by atoms with Crippen LogP contribution in [0.3, 0.4) is 0 Å². The lowest BCUT2D eigenvalue weighted by atomic mass is 10.1. The van der Waals surface area contributed by atoms with Gasteiger partial charge in [0.05, 0.1) is 22.0 Å². The van der Waals surface area contributed by atoms with Gasteiger partial charge in [0, 0.05) is 29.5 Å². The third-order valence-corrected chi connectivity index (χ3v) is 5.12. The predicted octanol–water partition coefficient (Wildman–Crippen LogP) is 3.83. The fourth-order valence-corrected chi connectivity index (χ4v) is 3.73. The molecule has 1 aliphatic rings. The molecule has 2 heterocycles. The SMILES string of the molecule is O=c1sc(/C=C2\C=Nc3ccccc32)c(O)n1Cc1cccc([N+](=O)[O-])c1. The molecule has 134 valence electrons. The van der Waals surface area contributed by atoms with E-state index in [1.54, 1.807) is 24.4 Å². The summed E-state index contributed by atoms with van der Waals surface area (Å²) < 4.78 is 1.20. The molecular formula is C19H13N3O4S. The number of fused-ring (bicyclic) bond motifs is 1. The van der Waals surface area contributed by atoms with Gasteiger partial charge in [-0.05, 0) is 17.7 Å². The van der Waals surface area contributed by atoms with Crippen LogP contribution < -0.4 is 4.87 Å². The summed E-state index contributed by atoms with van der Waals surface area (Å²) in [4.78, 5) is 27.1. The Labute approximate surface area is 157 Å². The minimum Gasteiger partial charge on any atom is -0.493 e. The number of nitro benzene ring substituents is 1. The van der Waals surface area contributed by atoms with Gasteiger partial charge in [-0.3, -0.25) is 24.5 Å². The van der Waals surface area contributed by atoms with Crippen LogP contribution in [0.4, 0.5) is 11.4 Å². The molecule has 1 aromatic heterocycles. The number of non-ortho nitro benzene ring substituents is 1. The van der Waals surface area contributed by atoms with Crippen molar-refractivity contribution in [2.75, 3.05) is 0 Å². The summed E-state index contributed by atoms with van der Waals surface area (Å²) in [5.41, 5.74) is 3.09. The van der Waals surface area contributed by atoms with Crippen molar-refractivity contribution in [1.29, 1.82) is 0 Å². The first-order valence-electron chi connectivity index (χ1n) is 8.04. The summed E-state index contributed by atoms with van der Waals surface area (Å²) in [7, 11) is 0. The number of aliphatic imine (C=N–C) groups is 1. The minimum absolute atomic E-state index is 0.0523. The van der Waals surface area contributed by atoms with Crippen LogP contribution in [0.1, 0.15) is 16.0 Å². The van der Waals surface area contributed by atoms with Crippen LogP contribution in [-0.4, -0.2) is 20.8 Å². The maximum atomic E-state index is 12.3. The Morgan fingerprint density at radius 3 is 2.85 bits per heavy atom. The van der Waals surface area contributed by atoms with Gasteiger partial charge in [-0.15, -0.1) is 0 Å². The molecule has 7 nitrogen and oxygen atoms in total. The van der Waals surface area contributed by atoms with Crippen LogP contribution in [-0.2, 0) is 6.54 Å². The summed E-state index contributed by atoms with van der Waals surface area (Å²) in [6.07, 6.45) is 3.42. The van der Waals surface area contributed by atoms with E-state index in [4.69, 9.17) is 0 Å². The number of aromatic hydroxyl groups is 1. The standard InChI is InChI=1S/C19H13N3O4S/c23-18-17(9-13-10-20-16-7-2-1-6-15(13)16)27-19(24)21(18)11-12-4-3-5-14(8-12)22(25)26/h1-10,23H,11H2/b13-9+. The summed E-state index contributed by atoms with van der Waals surface area (Å²) in [5, 5.41) is 21.4. The molecule has 0 aliphatic carbocycles. The van der Waals surface area contributed by atoms with E-state index in [-0.39, 0.29) is 23.0 Å². The molecule has 0 radical (unpaired) electrons. The molecule has 4 rings (SSSR count). The predicted molar refractivity (Wildman–Crippen MR) is 105 cm³/mol. The molecule has 0 saturated heterocycles. The summed E-state index contributed by atoms with van der Waals surface area (Å²) in [6, 6.07) is 13.6. The number of benzene rings is 2. The molecule has 0 atom stereocenters. The Bertz CT molecular complexity index is 1170. The largest absolute Gasteiger partial charge is 0.493 e. The molecule has 2 aromatic carbocycles. The Morgan fingerprint density at radius 1 is 1.22 bits per heavy atom. The lowest BCUT2D eigenvalue weighted by Crippen LogP contribution is -2.13. The van der Waals surface area contributed by atoms with Crippen molar-refractivity contribution in [3.8, 4) is 5.88 Å². The van der Waals surface area contributed by atoms with E-state index in [9.17, 15) is 20.0 Å². The van der Waals surface area contributed by atoms with Gasteiger partial charge in [0.25, 0.3) is 5.69 Å². The maximum absolute atomic E-state index is 12.3. The summed E-state index contributed by atoms with van der Waals surface area (Å²) in [5.74, 6) is -0.165. The second kappa shape index (κ2) is 6.65. The Morgan fingerprint density at radius 2 is 2.04 bits per heavy atom. The smallest absolute Gasteiger partial charge is 0.310 e. The molecule has 1 aliphatic heterocycles. The lowest BCUT2D eigenvalue weighted by molar-refractivity contribution is -0.384. The first kappa shape index (κ1) is 16.9. The van der Waals surface area contributed by atoms with Gasteiger partial charge in [-0.1, -0.05) is 41.7 Å². The number of rotatable bonds is 4. The van der Waals surface area contributed by atoms with Crippen molar-refractivity contribution in [2.24, 2.45) is 4.99 Å². The number of hydrogen-bond donors (Lipinski definition) is 1. The maximum Gasteiger partial charge on any atom is 0.310 e. The van der Waals surface area contributed by atoms with Gasteiger partial charge in [-0.2, -0.15) is 0 Å². The van der Waals surface area contributed by atoms with Gasteiger partial charge in [0.1, 0.15) is 0 Å². The molecule has 0 bridgehead atoms. The number of nitrogens with zero attached hydrogens (tertiary/aromatic N) is 3. The number of allylic oxidation sites excluding steroid dienone is 1. The van der Waals surface area contributed by atoms with Crippen molar-refractivity contribution in [3.63, 3.8) is 0 Å². The number of hydrogen-bond acceptors (Lipinski definition) is 6. The molecule has 1 N–H and O–H groups in total. The van der Waals surface area contributed by atoms with Gasteiger partial charge < -0.3 is 5.11 Å². The van der Waals surface area contributed by atoms with Crippen LogP contribution in [0.5, 0.6) is 5.88 Å². The second-order valence-electron chi connectivity index (χ2n) is 5.94. The molecule has 27 heavy (non-hydrogen) atoms. The van der Waals surface area contributed by atoms with Gasteiger partial charge in [0.2, 0.25) is 5.88 Å². The fraction of sp³-hybridized carbons (Fsp3) is 0.0526. The van der Waals surface area contributed by atoms with Crippen LogP contribution in [0.15, 0.2) is 58.3 Å². The van der Waals surface area contributed by atoms with E-state index < -0.39 is 4.92 Å². The molecule has 0 saturated carbocycles. The van der Waals surface area contributed by atoms with Crippen LogP contribution in [0, 0.1) is 10.1 Å². The zero-order valence-electron chi connectivity index (χ0n) is 13.9. The average Bonchev–Trinajstić information content (AvgIpc) is 3.19. The van der Waals surface area contributed by atoms with Gasteiger partial charge in [0.15, 0.2) is 0 Å². The van der Waals surface area contributed by atoms with Crippen LogP contribution in [0.2, 0.25) is 0 Å². The van der Waals surface area contributed by atoms with E-state index in [1.807, 2.05) is 24.3 Å².